The smallest absolute Gasteiger partial charge is 0.340 e. The van der Waals surface area contributed by atoms with Gasteiger partial charge in [-0.25, -0.2) is 18.4 Å². The summed E-state index contributed by atoms with van der Waals surface area (Å²) in [7, 11) is -2.39. The van der Waals surface area contributed by atoms with Gasteiger partial charge in [0.05, 0.1) is 21.2 Å². The van der Waals surface area contributed by atoms with E-state index in [1.54, 1.807) is 0 Å². The highest BCUT2D eigenvalue weighted by atomic mass is 32.2. The normalized spacial score (nSPS) is 19.1. The number of nitrogens with one attached hydrogen (secondary N) is 1. The number of hydrogen-bond donors (Lipinski definition) is 1. The van der Waals surface area contributed by atoms with Gasteiger partial charge in [-0.05, 0) is 54.1 Å². The molecule has 1 amide bonds. The maximum absolute atomic E-state index is 14.0. The minimum absolute atomic E-state index is 0.00734. The van der Waals surface area contributed by atoms with E-state index in [-0.39, 0.29) is 32.9 Å². The number of rotatable bonds is 5. The van der Waals surface area contributed by atoms with Crippen LogP contribution in [0.1, 0.15) is 57.6 Å². The molecule has 0 saturated heterocycles. The van der Waals surface area contributed by atoms with Gasteiger partial charge < -0.3 is 10.2 Å². The van der Waals surface area contributed by atoms with E-state index in [2.05, 4.69) is 27.1 Å². The van der Waals surface area contributed by atoms with Crippen molar-refractivity contribution in [2.75, 3.05) is 31.2 Å². The van der Waals surface area contributed by atoms with Gasteiger partial charge in [0, 0.05) is 38.6 Å². The molecule has 1 fully saturated rings. The lowest BCUT2D eigenvalue weighted by molar-refractivity contribution is -0.137. The van der Waals surface area contributed by atoms with Crippen molar-refractivity contribution in [1.29, 1.82) is 0 Å². The van der Waals surface area contributed by atoms with Crippen molar-refractivity contribution < 1.29 is 26.4 Å². The number of fused-ring (bicyclic) bond motifs is 2. The molecule has 0 bridgehead atoms. The van der Waals surface area contributed by atoms with Crippen LogP contribution in [-0.4, -0.2) is 60.0 Å². The monoisotopic (exact) mass is 577 g/mol. The average Bonchev–Trinajstić information content (AvgIpc) is 3.48. The number of nitrogens with zero attached hydrogens (tertiary/aromatic N) is 4. The molecule has 1 saturated carbocycles. The van der Waals surface area contributed by atoms with Crippen molar-refractivity contribution in [2.45, 2.75) is 49.8 Å². The van der Waals surface area contributed by atoms with Crippen LogP contribution in [0.15, 0.2) is 29.3 Å². The second-order valence-electron chi connectivity index (χ2n) is 10.2. The van der Waals surface area contributed by atoms with Crippen LogP contribution in [0.3, 0.4) is 0 Å². The van der Waals surface area contributed by atoms with Crippen molar-refractivity contribution in [3.8, 4) is 10.6 Å². The van der Waals surface area contributed by atoms with Crippen LogP contribution in [0, 0.1) is 0 Å². The molecule has 2 aliphatic heterocycles. The zero-order valence-corrected chi connectivity index (χ0v) is 22.9. The fourth-order valence-corrected chi connectivity index (χ4v) is 8.24. The van der Waals surface area contributed by atoms with E-state index in [0.717, 1.165) is 49.8 Å². The Kier molecular flexibility index (Phi) is 6.23. The molecular weight excluding hydrogens is 551 g/mol. The Morgan fingerprint density at radius 3 is 2.67 bits per heavy atom. The van der Waals surface area contributed by atoms with Gasteiger partial charge in [0.1, 0.15) is 10.4 Å². The highest BCUT2D eigenvalue weighted by Crippen LogP contribution is 2.48. The van der Waals surface area contributed by atoms with Crippen LogP contribution in [0.25, 0.3) is 10.6 Å². The predicted octanol–water partition coefficient (Wildman–Crippen LogP) is 5.04. The first-order valence-electron chi connectivity index (χ1n) is 12.7. The van der Waals surface area contributed by atoms with Gasteiger partial charge in [0.2, 0.25) is 5.95 Å². The summed E-state index contributed by atoms with van der Waals surface area (Å²) in [6, 6.07) is 5.10. The summed E-state index contributed by atoms with van der Waals surface area (Å²) in [4.78, 5) is 24.2. The molecule has 1 aliphatic carbocycles. The first-order valence-corrected chi connectivity index (χ1v) is 15.1. The number of alkyl halides is 3. The number of sulfone groups is 1. The lowest BCUT2D eigenvalue weighted by Gasteiger charge is -2.17. The molecule has 1 aromatic carbocycles. The largest absolute Gasteiger partial charge is 0.420 e. The SMILES string of the molecule is CCN1Cc2ccc(Nc3ncc(C(F)(F)F)c(-c4cc5c(s4)C(=O)N(C)CCS5(=O)=O)n3)c(C3CC3)c2C1. The highest BCUT2D eigenvalue weighted by molar-refractivity contribution is 7.91. The van der Waals surface area contributed by atoms with Gasteiger partial charge in [0.25, 0.3) is 5.91 Å². The number of carbonyl (C=O) groups is 1. The summed E-state index contributed by atoms with van der Waals surface area (Å²) in [5.74, 6) is -0.496. The number of hydrogen-bond acceptors (Lipinski definition) is 8. The molecule has 0 radical (unpaired) electrons. The zero-order valence-electron chi connectivity index (χ0n) is 21.3. The van der Waals surface area contributed by atoms with Gasteiger partial charge in [-0.15, -0.1) is 11.3 Å². The molecule has 0 unspecified atom stereocenters. The Morgan fingerprint density at radius 1 is 1.21 bits per heavy atom. The van der Waals surface area contributed by atoms with Crippen molar-refractivity contribution in [3.05, 3.63) is 51.5 Å². The van der Waals surface area contributed by atoms with E-state index in [4.69, 9.17) is 0 Å². The highest BCUT2D eigenvalue weighted by Gasteiger charge is 2.39. The average molecular weight is 578 g/mol. The number of anilines is 2. The molecule has 8 nitrogen and oxygen atoms in total. The van der Waals surface area contributed by atoms with Gasteiger partial charge in [0.15, 0.2) is 9.84 Å². The van der Waals surface area contributed by atoms with E-state index in [9.17, 15) is 26.4 Å². The maximum atomic E-state index is 14.0. The van der Waals surface area contributed by atoms with Gasteiger partial charge in [-0.2, -0.15) is 13.2 Å². The lowest BCUT2D eigenvalue weighted by Crippen LogP contribution is -2.27. The fourth-order valence-electron chi connectivity index (χ4n) is 5.21. The second-order valence-corrected chi connectivity index (χ2v) is 13.3. The molecule has 13 heteroatoms. The summed E-state index contributed by atoms with van der Waals surface area (Å²) in [6.45, 7) is 4.73. The van der Waals surface area contributed by atoms with Gasteiger partial charge in [-0.3, -0.25) is 9.69 Å². The molecule has 4 heterocycles. The van der Waals surface area contributed by atoms with Crippen LogP contribution >= 0.6 is 11.3 Å². The Balaban J connectivity index is 1.44. The van der Waals surface area contributed by atoms with E-state index in [1.807, 2.05) is 12.1 Å². The molecule has 206 valence electrons. The molecule has 3 aliphatic rings. The Hall–Kier alpha value is -3.03. The molecule has 3 aromatic rings. The van der Waals surface area contributed by atoms with Crippen molar-refractivity contribution in [2.24, 2.45) is 0 Å². The van der Waals surface area contributed by atoms with E-state index in [0.29, 0.717) is 23.5 Å². The molecule has 0 atom stereocenters. The lowest BCUT2D eigenvalue weighted by atomic mass is 9.97. The summed E-state index contributed by atoms with van der Waals surface area (Å²) >= 11 is 0.704. The Morgan fingerprint density at radius 2 is 1.97 bits per heavy atom. The van der Waals surface area contributed by atoms with Gasteiger partial charge >= 0.3 is 6.18 Å². The first kappa shape index (κ1) is 26.2. The molecule has 2 aromatic heterocycles. The molecule has 0 spiro atoms. The van der Waals surface area contributed by atoms with Crippen molar-refractivity contribution in [3.63, 3.8) is 0 Å². The van der Waals surface area contributed by atoms with E-state index < -0.39 is 33.2 Å². The molecular formula is C26H26F3N5O3S2. The molecule has 1 N–H and O–H groups in total. The number of halogens is 3. The number of carbonyl (C=O) groups excluding carboxylic acids is 1. The van der Waals surface area contributed by atoms with Crippen LogP contribution in [0.2, 0.25) is 0 Å². The third-order valence-electron chi connectivity index (χ3n) is 7.51. The predicted molar refractivity (Wildman–Crippen MR) is 141 cm³/mol. The Bertz CT molecular complexity index is 1600. The quantitative estimate of drug-likeness (QED) is 0.454. The summed E-state index contributed by atoms with van der Waals surface area (Å²) in [5.41, 5.74) is 2.88. The third-order valence-corrected chi connectivity index (χ3v) is 10.5. The summed E-state index contributed by atoms with van der Waals surface area (Å²) in [5, 5.41) is 3.15. The Labute approximate surface area is 227 Å². The van der Waals surface area contributed by atoms with E-state index in [1.165, 1.54) is 23.1 Å². The molecule has 39 heavy (non-hydrogen) atoms. The minimum atomic E-state index is -4.79. The topological polar surface area (TPSA) is 95.5 Å². The van der Waals surface area contributed by atoms with Crippen LogP contribution < -0.4 is 5.32 Å². The van der Waals surface area contributed by atoms with Crippen molar-refractivity contribution >= 4 is 38.7 Å². The zero-order chi connectivity index (χ0) is 27.7. The van der Waals surface area contributed by atoms with Gasteiger partial charge in [-0.1, -0.05) is 13.0 Å². The van der Waals surface area contributed by atoms with E-state index >= 15 is 0 Å². The number of aromatic nitrogens is 2. The number of amides is 1. The number of thiophene rings is 1. The second kappa shape index (κ2) is 9.27. The minimum Gasteiger partial charge on any atom is -0.340 e. The van der Waals surface area contributed by atoms with Crippen molar-refractivity contribution in [1.82, 2.24) is 19.8 Å². The standard InChI is InChI=1S/C26H26F3N5O3S2/c1-3-34-12-15-6-7-18(21(14-4-5-14)16(15)13-34)31-25-30-11-17(26(27,28)29)22(32-25)19-10-20-23(38-19)24(35)33(2)8-9-39(20,36)37/h6-7,10-11,14H,3-5,8-9,12-13H2,1-2H3,(H,30,31,32). The fraction of sp³-hybridized carbons (Fsp3) is 0.423. The summed E-state index contributed by atoms with van der Waals surface area (Å²) in [6.07, 6.45) is -1.98. The molecule has 6 rings (SSSR count). The summed E-state index contributed by atoms with van der Waals surface area (Å²) < 4.78 is 67.8. The van der Waals surface area contributed by atoms with Crippen LogP contribution in [0.4, 0.5) is 24.8 Å². The maximum Gasteiger partial charge on any atom is 0.420 e. The number of benzene rings is 1. The van der Waals surface area contributed by atoms with Crippen LogP contribution in [0.5, 0.6) is 0 Å². The third kappa shape index (κ3) is 4.70. The van der Waals surface area contributed by atoms with Crippen LogP contribution in [-0.2, 0) is 29.1 Å². The first-order chi connectivity index (χ1) is 18.5.